The highest BCUT2D eigenvalue weighted by atomic mass is 19.4. The first kappa shape index (κ1) is 17.8. The molecule has 0 radical (unpaired) electrons. The van der Waals surface area contributed by atoms with Crippen molar-refractivity contribution < 1.29 is 23.1 Å². The molecule has 1 atom stereocenters. The van der Waals surface area contributed by atoms with Gasteiger partial charge in [0.25, 0.3) is 0 Å². The third-order valence-electron chi connectivity index (χ3n) is 6.35. The van der Waals surface area contributed by atoms with Crippen LogP contribution in [0.4, 0.5) is 13.2 Å². The summed E-state index contributed by atoms with van der Waals surface area (Å²) in [6.07, 6.45) is -4.65. The second-order valence-electron chi connectivity index (χ2n) is 8.14. The van der Waals surface area contributed by atoms with Crippen molar-refractivity contribution in [2.24, 2.45) is 16.7 Å². The van der Waals surface area contributed by atoms with Crippen molar-refractivity contribution in [3.63, 3.8) is 0 Å². The highest BCUT2D eigenvalue weighted by Gasteiger charge is 2.71. The lowest BCUT2D eigenvalue weighted by atomic mass is 9.71. The standard InChI is InChI=1S/C19H23F3N2O2/c20-19(21,22)18(6-7-18)16(26)24-12-17(13-24)11-23(9-15(17)10-25)8-14-4-2-1-3-5-14/h1-5,15,25H,6-13H2/t15-/m0/s1. The van der Waals surface area contributed by atoms with Crippen LogP contribution in [-0.2, 0) is 11.3 Å². The Hall–Kier alpha value is -1.60. The predicted molar refractivity (Wildman–Crippen MR) is 89.0 cm³/mol. The van der Waals surface area contributed by atoms with E-state index in [0.717, 1.165) is 6.54 Å². The zero-order chi connectivity index (χ0) is 18.6. The molecule has 142 valence electrons. The Kier molecular flexibility index (Phi) is 4.08. The molecule has 26 heavy (non-hydrogen) atoms. The number of aliphatic hydroxyl groups excluding tert-OH is 1. The Morgan fingerprint density at radius 1 is 1.15 bits per heavy atom. The Labute approximate surface area is 150 Å². The van der Waals surface area contributed by atoms with E-state index in [1.807, 2.05) is 30.3 Å². The van der Waals surface area contributed by atoms with E-state index in [0.29, 0.717) is 26.2 Å². The average molecular weight is 368 g/mol. The molecule has 7 heteroatoms. The van der Waals surface area contributed by atoms with Crippen molar-refractivity contribution in [1.82, 2.24) is 9.80 Å². The highest BCUT2D eigenvalue weighted by molar-refractivity contribution is 5.87. The molecule has 2 saturated heterocycles. The van der Waals surface area contributed by atoms with Gasteiger partial charge in [-0.05, 0) is 18.4 Å². The van der Waals surface area contributed by atoms with Gasteiger partial charge in [0, 0.05) is 50.7 Å². The minimum Gasteiger partial charge on any atom is -0.396 e. The van der Waals surface area contributed by atoms with Crippen molar-refractivity contribution in [3.8, 4) is 0 Å². The van der Waals surface area contributed by atoms with E-state index >= 15 is 0 Å². The monoisotopic (exact) mass is 368 g/mol. The molecule has 1 N–H and O–H groups in total. The topological polar surface area (TPSA) is 43.8 Å². The summed E-state index contributed by atoms with van der Waals surface area (Å²) in [5, 5.41) is 9.77. The summed E-state index contributed by atoms with van der Waals surface area (Å²) in [6.45, 7) is 2.80. The Bertz CT molecular complexity index is 682. The van der Waals surface area contributed by atoms with Gasteiger partial charge in [0.1, 0.15) is 5.41 Å². The number of aliphatic hydroxyl groups is 1. The molecule has 1 saturated carbocycles. The third kappa shape index (κ3) is 2.72. The van der Waals surface area contributed by atoms with Crippen LogP contribution in [0.3, 0.4) is 0 Å². The normalized spacial score (nSPS) is 26.8. The van der Waals surface area contributed by atoms with E-state index in [1.165, 1.54) is 10.5 Å². The van der Waals surface area contributed by atoms with Gasteiger partial charge < -0.3 is 10.0 Å². The van der Waals surface area contributed by atoms with E-state index < -0.39 is 17.5 Å². The molecule has 2 aliphatic heterocycles. The number of hydrogen-bond acceptors (Lipinski definition) is 3. The second-order valence-corrected chi connectivity index (χ2v) is 8.14. The van der Waals surface area contributed by atoms with Gasteiger partial charge in [-0.2, -0.15) is 13.2 Å². The first-order valence-electron chi connectivity index (χ1n) is 9.03. The predicted octanol–water partition coefficient (Wildman–Crippen LogP) is 2.28. The fraction of sp³-hybridized carbons (Fsp3) is 0.632. The van der Waals surface area contributed by atoms with E-state index in [4.69, 9.17) is 0 Å². The Balaban J connectivity index is 1.41. The number of hydrogen-bond donors (Lipinski definition) is 1. The molecule has 4 rings (SSSR count). The molecule has 4 nitrogen and oxygen atoms in total. The van der Waals surface area contributed by atoms with E-state index in [2.05, 4.69) is 4.90 Å². The van der Waals surface area contributed by atoms with Crippen molar-refractivity contribution in [2.45, 2.75) is 25.6 Å². The maximum Gasteiger partial charge on any atom is 0.403 e. The van der Waals surface area contributed by atoms with Gasteiger partial charge >= 0.3 is 6.18 Å². The van der Waals surface area contributed by atoms with Gasteiger partial charge in [0.15, 0.2) is 0 Å². The molecule has 1 aromatic rings. The number of rotatable bonds is 4. The van der Waals surface area contributed by atoms with Crippen LogP contribution in [0.15, 0.2) is 30.3 Å². The molecule has 1 spiro atoms. The van der Waals surface area contributed by atoms with Gasteiger partial charge in [-0.25, -0.2) is 0 Å². The van der Waals surface area contributed by atoms with Crippen LogP contribution in [0.2, 0.25) is 0 Å². The summed E-state index contributed by atoms with van der Waals surface area (Å²) in [4.78, 5) is 16.0. The molecule has 3 fully saturated rings. The zero-order valence-electron chi connectivity index (χ0n) is 14.5. The summed E-state index contributed by atoms with van der Waals surface area (Å²) < 4.78 is 39.6. The fourth-order valence-corrected chi connectivity index (χ4v) is 4.62. The molecule has 0 bridgehead atoms. The van der Waals surface area contributed by atoms with Gasteiger partial charge in [-0.15, -0.1) is 0 Å². The molecule has 1 aromatic carbocycles. The van der Waals surface area contributed by atoms with Crippen LogP contribution in [0.1, 0.15) is 18.4 Å². The van der Waals surface area contributed by atoms with Crippen LogP contribution in [-0.4, -0.2) is 59.8 Å². The SMILES string of the molecule is O=C(N1CC2(CN(Cc3ccccc3)C[C@H]2CO)C1)C1(C(F)(F)F)CC1. The summed E-state index contributed by atoms with van der Waals surface area (Å²) >= 11 is 0. The van der Waals surface area contributed by atoms with Crippen LogP contribution in [0.5, 0.6) is 0 Å². The molecular formula is C19H23F3N2O2. The van der Waals surface area contributed by atoms with E-state index in [-0.39, 0.29) is 30.8 Å². The number of amides is 1. The lowest BCUT2D eigenvalue weighted by molar-refractivity contribution is -0.205. The first-order valence-corrected chi connectivity index (χ1v) is 9.03. The Morgan fingerprint density at radius 2 is 1.81 bits per heavy atom. The van der Waals surface area contributed by atoms with Crippen LogP contribution >= 0.6 is 0 Å². The maximum atomic E-state index is 13.2. The molecule has 1 aliphatic carbocycles. The van der Waals surface area contributed by atoms with Gasteiger partial charge in [-0.1, -0.05) is 30.3 Å². The number of likely N-dealkylation sites (tertiary alicyclic amines) is 2. The molecule has 2 heterocycles. The molecule has 0 aromatic heterocycles. The second kappa shape index (κ2) is 5.96. The largest absolute Gasteiger partial charge is 0.403 e. The average Bonchev–Trinajstić information content (AvgIpc) is 3.31. The quantitative estimate of drug-likeness (QED) is 0.887. The number of nitrogens with zero attached hydrogens (tertiary/aromatic N) is 2. The molecule has 3 aliphatic rings. The zero-order valence-corrected chi connectivity index (χ0v) is 14.5. The minimum absolute atomic E-state index is 0.00225. The number of carbonyl (C=O) groups excluding carboxylic acids is 1. The first-order chi connectivity index (χ1) is 12.3. The summed E-state index contributed by atoms with van der Waals surface area (Å²) in [5.74, 6) is -0.773. The number of halogens is 3. The van der Waals surface area contributed by atoms with Gasteiger partial charge in [-0.3, -0.25) is 9.69 Å². The summed E-state index contributed by atoms with van der Waals surface area (Å²) in [5.41, 5.74) is -1.24. The van der Waals surface area contributed by atoms with Crippen molar-refractivity contribution in [1.29, 1.82) is 0 Å². The smallest absolute Gasteiger partial charge is 0.396 e. The van der Waals surface area contributed by atoms with Crippen molar-refractivity contribution >= 4 is 5.91 Å². The minimum atomic E-state index is -4.46. The fourth-order valence-electron chi connectivity index (χ4n) is 4.62. The van der Waals surface area contributed by atoms with E-state index in [1.54, 1.807) is 0 Å². The van der Waals surface area contributed by atoms with Crippen LogP contribution in [0, 0.1) is 16.7 Å². The number of carbonyl (C=O) groups is 1. The van der Waals surface area contributed by atoms with Crippen molar-refractivity contribution in [3.05, 3.63) is 35.9 Å². The number of benzene rings is 1. The van der Waals surface area contributed by atoms with Gasteiger partial charge in [0.2, 0.25) is 5.91 Å². The molecular weight excluding hydrogens is 345 g/mol. The lowest BCUT2D eigenvalue weighted by Gasteiger charge is -2.52. The number of alkyl halides is 3. The molecule has 0 unspecified atom stereocenters. The van der Waals surface area contributed by atoms with Crippen molar-refractivity contribution in [2.75, 3.05) is 32.8 Å². The summed E-state index contributed by atoms with van der Waals surface area (Å²) in [6, 6.07) is 9.97. The summed E-state index contributed by atoms with van der Waals surface area (Å²) in [7, 11) is 0. The third-order valence-corrected chi connectivity index (χ3v) is 6.35. The maximum absolute atomic E-state index is 13.2. The van der Waals surface area contributed by atoms with E-state index in [9.17, 15) is 23.1 Å². The molecule has 1 amide bonds. The van der Waals surface area contributed by atoms with Crippen LogP contribution in [0.25, 0.3) is 0 Å². The Morgan fingerprint density at radius 3 is 2.35 bits per heavy atom. The van der Waals surface area contributed by atoms with Gasteiger partial charge in [0.05, 0.1) is 0 Å². The highest BCUT2D eigenvalue weighted by Crippen LogP contribution is 2.60. The lowest BCUT2D eigenvalue weighted by Crippen LogP contribution is -2.64. The van der Waals surface area contributed by atoms with Crippen LogP contribution < -0.4 is 0 Å².